The predicted molar refractivity (Wildman–Crippen MR) is 83.2 cm³/mol. The predicted octanol–water partition coefficient (Wildman–Crippen LogP) is 2.52. The highest BCUT2D eigenvalue weighted by Crippen LogP contribution is 2.16. The van der Waals surface area contributed by atoms with Gasteiger partial charge in [0.2, 0.25) is 0 Å². The number of carbonyl (C=O) groups excluding carboxylic acids is 1. The second kappa shape index (κ2) is 8.57. The number of nitrogens with one attached hydrogen (secondary N) is 1. The highest BCUT2D eigenvalue weighted by molar-refractivity contribution is 5.87. The van der Waals surface area contributed by atoms with Gasteiger partial charge in [0.1, 0.15) is 0 Å². The van der Waals surface area contributed by atoms with E-state index in [0.29, 0.717) is 12.3 Å². The molecular weight excluding hydrogens is 266 g/mol. The lowest BCUT2D eigenvalue weighted by molar-refractivity contribution is -0.144. The molecule has 0 aliphatic heterocycles. The maximum Gasteiger partial charge on any atom is 0.307 e. The number of benzene rings is 1. The molecule has 0 aromatic heterocycles. The van der Waals surface area contributed by atoms with Crippen LogP contribution in [0.3, 0.4) is 0 Å². The highest BCUT2D eigenvalue weighted by Gasteiger charge is 2.26. The Morgan fingerprint density at radius 3 is 2.29 bits per heavy atom. The largest absolute Gasteiger partial charge is 0.481 e. The quantitative estimate of drug-likeness (QED) is 0.733. The van der Waals surface area contributed by atoms with Crippen molar-refractivity contribution in [2.24, 2.45) is 11.8 Å². The molecule has 0 heterocycles. The second-order valence-electron chi connectivity index (χ2n) is 5.87. The molecule has 0 aliphatic carbocycles. The van der Waals surface area contributed by atoms with Gasteiger partial charge in [-0.1, -0.05) is 44.2 Å². The Hall–Kier alpha value is -1.68. The third-order valence-corrected chi connectivity index (χ3v) is 3.57. The van der Waals surface area contributed by atoms with Gasteiger partial charge in [0, 0.05) is 6.42 Å². The standard InChI is InChI=1S/C17H25NO3/c1-12(2)9-15(18-3)16(19)11-14(17(20)21)10-13-7-5-4-6-8-13/h4-8,12,14-15,18H,9-11H2,1-3H3,(H,20,21)/t14?,15-/m0/s1. The van der Waals surface area contributed by atoms with Gasteiger partial charge in [-0.2, -0.15) is 0 Å². The number of hydrogen-bond acceptors (Lipinski definition) is 3. The van der Waals surface area contributed by atoms with E-state index < -0.39 is 11.9 Å². The number of hydrogen-bond donors (Lipinski definition) is 2. The molecule has 4 heteroatoms. The first-order valence-corrected chi connectivity index (χ1v) is 7.40. The summed E-state index contributed by atoms with van der Waals surface area (Å²) in [5, 5.41) is 12.3. The SMILES string of the molecule is CN[C@@H](CC(C)C)C(=O)CC(Cc1ccccc1)C(=O)O. The number of carboxylic acids is 1. The summed E-state index contributed by atoms with van der Waals surface area (Å²) in [5.41, 5.74) is 0.947. The third-order valence-electron chi connectivity index (χ3n) is 3.57. The van der Waals surface area contributed by atoms with Crippen molar-refractivity contribution in [3.8, 4) is 0 Å². The second-order valence-corrected chi connectivity index (χ2v) is 5.87. The van der Waals surface area contributed by atoms with Crippen LogP contribution in [0.5, 0.6) is 0 Å². The number of carbonyl (C=O) groups is 2. The van der Waals surface area contributed by atoms with Crippen LogP contribution < -0.4 is 5.32 Å². The van der Waals surface area contributed by atoms with E-state index in [2.05, 4.69) is 19.2 Å². The lowest BCUT2D eigenvalue weighted by atomic mass is 9.90. The van der Waals surface area contributed by atoms with Crippen LogP contribution in [0.25, 0.3) is 0 Å². The number of carboxylic acid groups (broad SMARTS) is 1. The lowest BCUT2D eigenvalue weighted by Crippen LogP contribution is -2.37. The van der Waals surface area contributed by atoms with Crippen molar-refractivity contribution in [2.75, 3.05) is 7.05 Å². The Bertz CT molecular complexity index is 456. The zero-order valence-electron chi connectivity index (χ0n) is 13.0. The van der Waals surface area contributed by atoms with Crippen LogP contribution in [0.1, 0.15) is 32.3 Å². The number of likely N-dealkylation sites (N-methyl/N-ethyl adjacent to an activating group) is 1. The molecule has 0 aliphatic rings. The Kier molecular flexibility index (Phi) is 7.09. The maximum absolute atomic E-state index is 12.3. The molecule has 4 nitrogen and oxygen atoms in total. The van der Waals surface area contributed by atoms with E-state index in [0.717, 1.165) is 12.0 Å². The van der Waals surface area contributed by atoms with Crippen molar-refractivity contribution in [3.05, 3.63) is 35.9 Å². The smallest absolute Gasteiger partial charge is 0.307 e. The van der Waals surface area contributed by atoms with E-state index in [1.54, 1.807) is 7.05 Å². The zero-order valence-corrected chi connectivity index (χ0v) is 13.0. The molecule has 0 saturated heterocycles. The van der Waals surface area contributed by atoms with Crippen LogP contribution >= 0.6 is 0 Å². The maximum atomic E-state index is 12.3. The Morgan fingerprint density at radius 1 is 1.19 bits per heavy atom. The van der Waals surface area contributed by atoms with Crippen LogP contribution in [-0.2, 0) is 16.0 Å². The van der Waals surface area contributed by atoms with E-state index >= 15 is 0 Å². The van der Waals surface area contributed by atoms with Crippen molar-refractivity contribution >= 4 is 11.8 Å². The van der Waals surface area contributed by atoms with Gasteiger partial charge in [-0.15, -0.1) is 0 Å². The molecule has 2 atom stereocenters. The molecule has 0 fully saturated rings. The average molecular weight is 291 g/mol. The van der Waals surface area contributed by atoms with Gasteiger partial charge in [-0.05, 0) is 31.4 Å². The van der Waals surface area contributed by atoms with E-state index in [4.69, 9.17) is 0 Å². The number of rotatable bonds is 9. The third kappa shape index (κ3) is 6.08. The summed E-state index contributed by atoms with van der Waals surface area (Å²) in [6.45, 7) is 4.10. The highest BCUT2D eigenvalue weighted by atomic mass is 16.4. The minimum atomic E-state index is -0.911. The fraction of sp³-hybridized carbons (Fsp3) is 0.529. The van der Waals surface area contributed by atoms with Gasteiger partial charge >= 0.3 is 5.97 Å². The summed E-state index contributed by atoms with van der Waals surface area (Å²) < 4.78 is 0. The minimum absolute atomic E-state index is 0.0190. The molecule has 0 bridgehead atoms. The lowest BCUT2D eigenvalue weighted by Gasteiger charge is -2.19. The number of aliphatic carboxylic acids is 1. The summed E-state index contributed by atoms with van der Waals surface area (Å²) in [6, 6.07) is 9.18. The molecule has 2 N–H and O–H groups in total. The molecule has 116 valence electrons. The Balaban J connectivity index is 2.69. The van der Waals surface area contributed by atoms with Gasteiger partial charge in [-0.25, -0.2) is 0 Å². The summed E-state index contributed by atoms with van der Waals surface area (Å²) in [5.74, 6) is -1.20. The first-order valence-electron chi connectivity index (χ1n) is 7.40. The molecule has 1 aromatic rings. The monoisotopic (exact) mass is 291 g/mol. The summed E-state index contributed by atoms with van der Waals surface area (Å²) in [4.78, 5) is 23.7. The molecule has 1 rings (SSSR count). The van der Waals surface area contributed by atoms with E-state index in [-0.39, 0.29) is 18.2 Å². The van der Waals surface area contributed by atoms with Crippen LogP contribution in [-0.4, -0.2) is 29.9 Å². The first kappa shape index (κ1) is 17.4. The van der Waals surface area contributed by atoms with E-state index in [9.17, 15) is 14.7 Å². The minimum Gasteiger partial charge on any atom is -0.481 e. The van der Waals surface area contributed by atoms with Gasteiger partial charge < -0.3 is 10.4 Å². The van der Waals surface area contributed by atoms with Crippen LogP contribution in [0.2, 0.25) is 0 Å². The molecule has 1 aromatic carbocycles. The topological polar surface area (TPSA) is 66.4 Å². The molecular formula is C17H25NO3. The van der Waals surface area contributed by atoms with Crippen molar-refractivity contribution in [3.63, 3.8) is 0 Å². The first-order chi connectivity index (χ1) is 9.93. The van der Waals surface area contributed by atoms with Crippen molar-refractivity contribution in [1.29, 1.82) is 0 Å². The summed E-state index contributed by atoms with van der Waals surface area (Å²) in [6.07, 6.45) is 1.19. The Morgan fingerprint density at radius 2 is 1.81 bits per heavy atom. The number of Topliss-reactive ketones (excluding diaryl/α,β-unsaturated/α-hetero) is 1. The molecule has 0 amide bonds. The average Bonchev–Trinajstić information content (AvgIpc) is 2.44. The van der Waals surface area contributed by atoms with Gasteiger partial charge in [0.25, 0.3) is 0 Å². The van der Waals surface area contributed by atoms with E-state index in [1.807, 2.05) is 30.3 Å². The van der Waals surface area contributed by atoms with Crippen molar-refractivity contribution in [1.82, 2.24) is 5.32 Å². The normalized spacial score (nSPS) is 13.9. The van der Waals surface area contributed by atoms with Gasteiger partial charge in [-0.3, -0.25) is 9.59 Å². The van der Waals surface area contributed by atoms with Gasteiger partial charge in [0.15, 0.2) is 5.78 Å². The van der Waals surface area contributed by atoms with Crippen LogP contribution in [0, 0.1) is 11.8 Å². The summed E-state index contributed by atoms with van der Waals surface area (Å²) >= 11 is 0. The molecule has 21 heavy (non-hydrogen) atoms. The van der Waals surface area contributed by atoms with E-state index in [1.165, 1.54) is 0 Å². The summed E-state index contributed by atoms with van der Waals surface area (Å²) in [7, 11) is 1.75. The van der Waals surface area contributed by atoms with Crippen LogP contribution in [0.4, 0.5) is 0 Å². The molecule has 0 spiro atoms. The Labute approximate surface area is 126 Å². The van der Waals surface area contributed by atoms with Crippen molar-refractivity contribution in [2.45, 2.75) is 39.2 Å². The zero-order chi connectivity index (χ0) is 15.8. The molecule has 0 saturated carbocycles. The number of ketones is 1. The molecule has 1 unspecified atom stereocenters. The fourth-order valence-electron chi connectivity index (χ4n) is 2.41. The van der Waals surface area contributed by atoms with Gasteiger partial charge in [0.05, 0.1) is 12.0 Å². The van der Waals surface area contributed by atoms with Crippen molar-refractivity contribution < 1.29 is 14.7 Å². The molecule has 0 radical (unpaired) electrons. The van der Waals surface area contributed by atoms with Crippen LogP contribution in [0.15, 0.2) is 30.3 Å². The fourth-order valence-corrected chi connectivity index (χ4v) is 2.41.